The molecule has 1 aromatic rings. The average molecular weight is 211 g/mol. The van der Waals surface area contributed by atoms with Crippen LogP contribution in [0.1, 0.15) is 12.0 Å². The summed E-state index contributed by atoms with van der Waals surface area (Å²) in [6, 6.07) is 1.78. The van der Waals surface area contributed by atoms with E-state index in [0.29, 0.717) is 5.92 Å². The molecule has 2 N–H and O–H groups in total. The molecule has 2 rings (SSSR count). The van der Waals surface area contributed by atoms with Crippen LogP contribution in [0.2, 0.25) is 0 Å². The summed E-state index contributed by atoms with van der Waals surface area (Å²) in [7, 11) is 0. The fraction of sp³-hybridized carbons (Fsp3) is 0.500. The van der Waals surface area contributed by atoms with Crippen LogP contribution in [0.25, 0.3) is 0 Å². The zero-order valence-electron chi connectivity index (χ0n) is 7.77. The Morgan fingerprint density at radius 1 is 1.71 bits per heavy atom. The summed E-state index contributed by atoms with van der Waals surface area (Å²) >= 11 is 1.69. The maximum atomic E-state index is 10.7. The van der Waals surface area contributed by atoms with Crippen molar-refractivity contribution >= 4 is 17.3 Å². The molecule has 1 aliphatic rings. The second kappa shape index (κ2) is 4.11. The summed E-state index contributed by atoms with van der Waals surface area (Å²) in [4.78, 5) is 10.7. The number of hydrogen-bond donors (Lipinski definition) is 2. The van der Waals surface area contributed by atoms with Gasteiger partial charge in [0.05, 0.1) is 0 Å². The highest BCUT2D eigenvalue weighted by atomic mass is 32.1. The quantitative estimate of drug-likeness (QED) is 0.793. The molecule has 76 valence electrons. The third-order valence-electron chi connectivity index (χ3n) is 2.62. The number of aliphatic carboxylic acids is 1. The van der Waals surface area contributed by atoms with E-state index in [1.165, 1.54) is 5.56 Å². The molecule has 0 amide bonds. The minimum Gasteiger partial charge on any atom is -0.480 e. The normalized spacial score (nSPS) is 26.6. The summed E-state index contributed by atoms with van der Waals surface area (Å²) in [5.74, 6) is -0.247. The molecule has 14 heavy (non-hydrogen) atoms. The Kier molecular flexibility index (Phi) is 2.84. The standard InChI is InChI=1S/C10H13NO2S/c12-10(13)9-4-8(5-11-9)3-7-1-2-14-6-7/h1-2,6,8-9,11H,3-5H2,(H,12,13)/t8?,9-/m0/s1. The van der Waals surface area contributed by atoms with Gasteiger partial charge in [0.1, 0.15) is 6.04 Å². The largest absolute Gasteiger partial charge is 0.480 e. The van der Waals surface area contributed by atoms with Crippen molar-refractivity contribution in [2.75, 3.05) is 6.54 Å². The molecule has 1 fully saturated rings. The maximum Gasteiger partial charge on any atom is 0.320 e. The van der Waals surface area contributed by atoms with Gasteiger partial charge in [0.15, 0.2) is 0 Å². The summed E-state index contributed by atoms with van der Waals surface area (Å²) in [6.07, 6.45) is 1.76. The van der Waals surface area contributed by atoms with Gasteiger partial charge in [-0.05, 0) is 47.7 Å². The van der Waals surface area contributed by atoms with Crippen LogP contribution >= 0.6 is 11.3 Å². The molecular weight excluding hydrogens is 198 g/mol. The van der Waals surface area contributed by atoms with Gasteiger partial charge < -0.3 is 10.4 Å². The van der Waals surface area contributed by atoms with Crippen molar-refractivity contribution in [2.24, 2.45) is 5.92 Å². The van der Waals surface area contributed by atoms with Crippen LogP contribution in [0, 0.1) is 5.92 Å². The molecule has 0 spiro atoms. The van der Waals surface area contributed by atoms with Gasteiger partial charge in [0, 0.05) is 0 Å². The van der Waals surface area contributed by atoms with Crippen molar-refractivity contribution in [1.29, 1.82) is 0 Å². The lowest BCUT2D eigenvalue weighted by Gasteiger charge is -2.05. The smallest absolute Gasteiger partial charge is 0.320 e. The fourth-order valence-electron chi connectivity index (χ4n) is 1.89. The van der Waals surface area contributed by atoms with E-state index >= 15 is 0 Å². The average Bonchev–Trinajstić information content (AvgIpc) is 2.75. The first-order valence-corrected chi connectivity index (χ1v) is 5.67. The van der Waals surface area contributed by atoms with E-state index in [2.05, 4.69) is 22.1 Å². The monoisotopic (exact) mass is 211 g/mol. The van der Waals surface area contributed by atoms with Crippen molar-refractivity contribution in [3.8, 4) is 0 Å². The van der Waals surface area contributed by atoms with E-state index in [9.17, 15) is 4.79 Å². The maximum absolute atomic E-state index is 10.7. The van der Waals surface area contributed by atoms with Crippen molar-refractivity contribution in [3.63, 3.8) is 0 Å². The Labute approximate surface area is 86.8 Å². The summed E-state index contributed by atoms with van der Waals surface area (Å²) in [6.45, 7) is 0.826. The van der Waals surface area contributed by atoms with Crippen LogP contribution < -0.4 is 5.32 Å². The number of carboxylic acid groups (broad SMARTS) is 1. The summed E-state index contributed by atoms with van der Waals surface area (Å²) in [5, 5.41) is 16.0. The molecule has 0 saturated carbocycles. The lowest BCUT2D eigenvalue weighted by atomic mass is 9.98. The molecule has 3 nitrogen and oxygen atoms in total. The van der Waals surface area contributed by atoms with Crippen LogP contribution in [0.15, 0.2) is 16.8 Å². The minimum atomic E-state index is -0.724. The summed E-state index contributed by atoms with van der Waals surface area (Å²) < 4.78 is 0. The predicted molar refractivity (Wildman–Crippen MR) is 55.6 cm³/mol. The molecule has 0 aromatic carbocycles. The highest BCUT2D eigenvalue weighted by Gasteiger charge is 2.28. The van der Waals surface area contributed by atoms with Crippen LogP contribution in [0.3, 0.4) is 0 Å². The van der Waals surface area contributed by atoms with Gasteiger partial charge in [-0.25, -0.2) is 0 Å². The van der Waals surface area contributed by atoms with Gasteiger partial charge in [0.2, 0.25) is 0 Å². The predicted octanol–water partition coefficient (Wildman–Crippen LogP) is 1.35. The molecule has 1 aliphatic heterocycles. The van der Waals surface area contributed by atoms with Gasteiger partial charge in [-0.3, -0.25) is 4.79 Å². The number of carbonyl (C=O) groups is 1. The Morgan fingerprint density at radius 3 is 3.14 bits per heavy atom. The highest BCUT2D eigenvalue weighted by Crippen LogP contribution is 2.20. The molecule has 2 atom stereocenters. The Hall–Kier alpha value is -0.870. The van der Waals surface area contributed by atoms with Crippen LogP contribution in [0.5, 0.6) is 0 Å². The number of hydrogen-bond acceptors (Lipinski definition) is 3. The lowest BCUT2D eigenvalue weighted by Crippen LogP contribution is -2.29. The lowest BCUT2D eigenvalue weighted by molar-refractivity contribution is -0.139. The Morgan fingerprint density at radius 2 is 2.57 bits per heavy atom. The number of nitrogens with one attached hydrogen (secondary N) is 1. The van der Waals surface area contributed by atoms with Crippen LogP contribution in [-0.4, -0.2) is 23.7 Å². The molecule has 1 unspecified atom stereocenters. The topological polar surface area (TPSA) is 49.3 Å². The van der Waals surface area contributed by atoms with Crippen molar-refractivity contribution in [1.82, 2.24) is 5.32 Å². The van der Waals surface area contributed by atoms with Gasteiger partial charge in [-0.2, -0.15) is 11.3 Å². The number of thiophene rings is 1. The van der Waals surface area contributed by atoms with Crippen LogP contribution in [-0.2, 0) is 11.2 Å². The fourth-order valence-corrected chi connectivity index (χ4v) is 2.58. The van der Waals surface area contributed by atoms with E-state index < -0.39 is 5.97 Å². The Bertz CT molecular complexity index is 310. The molecule has 0 aliphatic carbocycles. The van der Waals surface area contributed by atoms with Gasteiger partial charge in [0.25, 0.3) is 0 Å². The van der Waals surface area contributed by atoms with E-state index in [0.717, 1.165) is 19.4 Å². The third-order valence-corrected chi connectivity index (χ3v) is 3.36. The van der Waals surface area contributed by atoms with Crippen molar-refractivity contribution in [3.05, 3.63) is 22.4 Å². The van der Waals surface area contributed by atoms with Gasteiger partial charge >= 0.3 is 5.97 Å². The first kappa shape index (κ1) is 9.68. The molecule has 4 heteroatoms. The molecular formula is C10H13NO2S. The molecule has 1 aromatic heterocycles. The SMILES string of the molecule is O=C(O)[C@@H]1CC(Cc2ccsc2)CN1. The van der Waals surface area contributed by atoms with E-state index in [4.69, 9.17) is 5.11 Å². The van der Waals surface area contributed by atoms with Crippen LogP contribution in [0.4, 0.5) is 0 Å². The van der Waals surface area contributed by atoms with E-state index in [-0.39, 0.29) is 6.04 Å². The second-order valence-corrected chi connectivity index (χ2v) is 4.52. The molecule has 0 bridgehead atoms. The van der Waals surface area contributed by atoms with Gasteiger partial charge in [-0.15, -0.1) is 0 Å². The zero-order valence-corrected chi connectivity index (χ0v) is 8.59. The van der Waals surface area contributed by atoms with Crippen molar-refractivity contribution in [2.45, 2.75) is 18.9 Å². The van der Waals surface area contributed by atoms with E-state index in [1.54, 1.807) is 11.3 Å². The van der Waals surface area contributed by atoms with Gasteiger partial charge in [-0.1, -0.05) is 0 Å². The highest BCUT2D eigenvalue weighted by molar-refractivity contribution is 7.07. The van der Waals surface area contributed by atoms with Crippen molar-refractivity contribution < 1.29 is 9.90 Å². The second-order valence-electron chi connectivity index (χ2n) is 3.74. The third kappa shape index (κ3) is 2.13. The number of carboxylic acids is 1. The molecule has 0 radical (unpaired) electrons. The first-order chi connectivity index (χ1) is 6.75. The molecule has 2 heterocycles. The van der Waals surface area contributed by atoms with E-state index in [1.807, 2.05) is 0 Å². The minimum absolute atomic E-state index is 0.335. The zero-order chi connectivity index (χ0) is 9.97. The number of rotatable bonds is 3. The Balaban J connectivity index is 1.87. The summed E-state index contributed by atoms with van der Waals surface area (Å²) in [5.41, 5.74) is 1.33. The first-order valence-electron chi connectivity index (χ1n) is 4.73. The molecule has 1 saturated heterocycles.